The molecule has 0 aromatic rings. The Morgan fingerprint density at radius 2 is 1.32 bits per heavy atom. The fourth-order valence-electron chi connectivity index (χ4n) is 2.47. The van der Waals surface area contributed by atoms with Crippen molar-refractivity contribution in [3.63, 3.8) is 0 Å². The minimum atomic E-state index is 0.791. The molecule has 1 aliphatic rings. The van der Waals surface area contributed by atoms with Gasteiger partial charge in [-0.2, -0.15) is 0 Å². The number of unbranched alkanes of at least 4 members (excludes halogenated alkanes) is 9. The van der Waals surface area contributed by atoms with E-state index in [1.165, 1.54) is 70.8 Å². The molecular weight excluding hydrogens is 254 g/mol. The first-order chi connectivity index (χ1) is 9.33. The van der Waals surface area contributed by atoms with Gasteiger partial charge < -0.3 is 10.6 Å². The first-order valence-electron chi connectivity index (χ1n) is 8.07. The zero-order chi connectivity index (χ0) is 13.8. The van der Waals surface area contributed by atoms with Crippen LogP contribution in [0.25, 0.3) is 0 Å². The fourth-order valence-corrected chi connectivity index (χ4v) is 2.60. The Labute approximate surface area is 124 Å². The van der Waals surface area contributed by atoms with Gasteiger partial charge in [0.25, 0.3) is 0 Å². The Kier molecular flexibility index (Phi) is 10.1. The number of nitrogens with one attached hydrogen (secondary N) is 2. The predicted octanol–water partition coefficient (Wildman–Crippen LogP) is 3.60. The third-order valence-corrected chi connectivity index (χ3v) is 4.04. The molecule has 0 aromatic carbocycles. The van der Waals surface area contributed by atoms with Gasteiger partial charge >= 0.3 is 0 Å². The Morgan fingerprint density at radius 3 is 1.84 bits per heavy atom. The molecule has 0 saturated carbocycles. The van der Waals surface area contributed by atoms with Gasteiger partial charge in [0.05, 0.1) is 13.3 Å². The lowest BCUT2D eigenvalue weighted by atomic mass is 10.1. The summed E-state index contributed by atoms with van der Waals surface area (Å²) in [5.74, 6) is 0. The SMILES string of the molecule is CCCCCCCCCCCCN1CNC(=S)NC1. The summed E-state index contributed by atoms with van der Waals surface area (Å²) >= 11 is 5.03. The van der Waals surface area contributed by atoms with Crippen LogP contribution in [0.15, 0.2) is 0 Å². The van der Waals surface area contributed by atoms with E-state index in [4.69, 9.17) is 12.2 Å². The third-order valence-electron chi connectivity index (χ3n) is 3.75. The van der Waals surface area contributed by atoms with Crippen molar-refractivity contribution in [2.24, 2.45) is 0 Å². The second-order valence-corrected chi connectivity index (χ2v) is 5.98. The fraction of sp³-hybridized carbons (Fsp3) is 0.933. The molecule has 1 aliphatic heterocycles. The molecule has 0 aliphatic carbocycles. The van der Waals surface area contributed by atoms with Crippen LogP contribution in [0.3, 0.4) is 0 Å². The van der Waals surface area contributed by atoms with E-state index in [0.29, 0.717) is 0 Å². The van der Waals surface area contributed by atoms with E-state index in [0.717, 1.165) is 18.4 Å². The number of hydrogen-bond acceptors (Lipinski definition) is 2. The molecule has 0 amide bonds. The average molecular weight is 286 g/mol. The molecule has 0 spiro atoms. The first kappa shape index (κ1) is 16.7. The molecular formula is C15H31N3S. The largest absolute Gasteiger partial charge is 0.350 e. The van der Waals surface area contributed by atoms with Gasteiger partial charge in [-0.05, 0) is 18.6 Å². The lowest BCUT2D eigenvalue weighted by Gasteiger charge is -2.29. The molecule has 4 heteroatoms. The van der Waals surface area contributed by atoms with Crippen molar-refractivity contribution >= 4 is 17.3 Å². The first-order valence-corrected chi connectivity index (χ1v) is 8.48. The lowest BCUT2D eigenvalue weighted by molar-refractivity contribution is 0.239. The van der Waals surface area contributed by atoms with Crippen LogP contribution >= 0.6 is 12.2 Å². The summed E-state index contributed by atoms with van der Waals surface area (Å²) in [6.45, 7) is 5.27. The van der Waals surface area contributed by atoms with Crippen LogP contribution in [-0.2, 0) is 0 Å². The van der Waals surface area contributed by atoms with E-state index in [-0.39, 0.29) is 0 Å². The van der Waals surface area contributed by atoms with Crippen molar-refractivity contribution in [1.29, 1.82) is 0 Å². The molecule has 1 saturated heterocycles. The molecule has 0 unspecified atom stereocenters. The van der Waals surface area contributed by atoms with Crippen LogP contribution < -0.4 is 10.6 Å². The quantitative estimate of drug-likeness (QED) is 0.448. The second-order valence-electron chi connectivity index (χ2n) is 5.58. The highest BCUT2D eigenvalue weighted by Gasteiger charge is 2.10. The Morgan fingerprint density at radius 1 is 0.842 bits per heavy atom. The van der Waals surface area contributed by atoms with Gasteiger partial charge in [-0.3, -0.25) is 4.90 Å². The standard InChI is InChI=1S/C15H31N3S/c1-2-3-4-5-6-7-8-9-10-11-12-18-13-16-15(19)17-14-18/h2-14H2,1H3,(H2,16,17,19). The predicted molar refractivity (Wildman–Crippen MR) is 87.2 cm³/mol. The molecule has 1 heterocycles. The molecule has 1 fully saturated rings. The zero-order valence-electron chi connectivity index (χ0n) is 12.5. The van der Waals surface area contributed by atoms with Crippen LogP contribution in [0, 0.1) is 0 Å². The highest BCUT2D eigenvalue weighted by molar-refractivity contribution is 7.80. The van der Waals surface area contributed by atoms with Gasteiger partial charge in [0.2, 0.25) is 0 Å². The summed E-state index contributed by atoms with van der Waals surface area (Å²) in [5, 5.41) is 7.12. The van der Waals surface area contributed by atoms with Crippen molar-refractivity contribution in [2.45, 2.75) is 71.1 Å². The number of nitrogens with zero attached hydrogens (tertiary/aromatic N) is 1. The molecule has 1 rings (SSSR count). The highest BCUT2D eigenvalue weighted by atomic mass is 32.1. The summed E-state index contributed by atoms with van der Waals surface area (Å²) in [6.07, 6.45) is 14.0. The minimum Gasteiger partial charge on any atom is -0.350 e. The molecule has 19 heavy (non-hydrogen) atoms. The highest BCUT2D eigenvalue weighted by Crippen LogP contribution is 2.10. The molecule has 0 radical (unpaired) electrons. The molecule has 112 valence electrons. The number of rotatable bonds is 11. The van der Waals surface area contributed by atoms with Crippen LogP contribution in [0.2, 0.25) is 0 Å². The molecule has 3 nitrogen and oxygen atoms in total. The lowest BCUT2D eigenvalue weighted by Crippen LogP contribution is -2.53. The zero-order valence-corrected chi connectivity index (χ0v) is 13.4. The Bertz CT molecular complexity index is 223. The normalized spacial score (nSPS) is 16.2. The Hall–Kier alpha value is -0.350. The van der Waals surface area contributed by atoms with E-state index in [9.17, 15) is 0 Å². The maximum absolute atomic E-state index is 5.03. The van der Waals surface area contributed by atoms with E-state index in [1.807, 2.05) is 0 Å². The number of hydrogen-bond donors (Lipinski definition) is 2. The summed E-state index contributed by atoms with van der Waals surface area (Å²) in [7, 11) is 0. The van der Waals surface area contributed by atoms with Crippen LogP contribution in [0.4, 0.5) is 0 Å². The van der Waals surface area contributed by atoms with Crippen molar-refractivity contribution in [3.8, 4) is 0 Å². The van der Waals surface area contributed by atoms with Gasteiger partial charge in [-0.15, -0.1) is 0 Å². The molecule has 2 N–H and O–H groups in total. The average Bonchev–Trinajstić information content (AvgIpc) is 2.43. The smallest absolute Gasteiger partial charge is 0.168 e. The summed E-state index contributed by atoms with van der Waals surface area (Å²) in [5.41, 5.74) is 0. The van der Waals surface area contributed by atoms with Gasteiger partial charge in [-0.1, -0.05) is 64.7 Å². The van der Waals surface area contributed by atoms with E-state index >= 15 is 0 Å². The third kappa shape index (κ3) is 9.22. The summed E-state index contributed by atoms with van der Waals surface area (Å²) in [6, 6.07) is 0. The molecule has 0 bridgehead atoms. The second kappa shape index (κ2) is 11.5. The maximum Gasteiger partial charge on any atom is 0.168 e. The van der Waals surface area contributed by atoms with Gasteiger partial charge in [0.1, 0.15) is 0 Å². The van der Waals surface area contributed by atoms with Crippen molar-refractivity contribution in [1.82, 2.24) is 15.5 Å². The topological polar surface area (TPSA) is 27.3 Å². The van der Waals surface area contributed by atoms with Crippen molar-refractivity contribution in [2.75, 3.05) is 19.9 Å². The van der Waals surface area contributed by atoms with E-state index in [1.54, 1.807) is 0 Å². The van der Waals surface area contributed by atoms with Gasteiger partial charge in [-0.25, -0.2) is 0 Å². The van der Waals surface area contributed by atoms with Crippen LogP contribution in [-0.4, -0.2) is 29.9 Å². The monoisotopic (exact) mass is 285 g/mol. The Balaban J connectivity index is 1.77. The maximum atomic E-state index is 5.03. The van der Waals surface area contributed by atoms with Gasteiger partial charge in [0.15, 0.2) is 5.11 Å². The number of thiocarbonyl (C=S) groups is 1. The van der Waals surface area contributed by atoms with Crippen LogP contribution in [0.1, 0.15) is 71.1 Å². The van der Waals surface area contributed by atoms with E-state index < -0.39 is 0 Å². The molecule has 0 aromatic heterocycles. The van der Waals surface area contributed by atoms with Crippen LogP contribution in [0.5, 0.6) is 0 Å². The van der Waals surface area contributed by atoms with Gasteiger partial charge in [0, 0.05) is 6.54 Å². The molecule has 0 atom stereocenters. The van der Waals surface area contributed by atoms with E-state index in [2.05, 4.69) is 22.5 Å². The van der Waals surface area contributed by atoms with Crippen molar-refractivity contribution in [3.05, 3.63) is 0 Å². The summed E-state index contributed by atoms with van der Waals surface area (Å²) < 4.78 is 0. The minimum absolute atomic E-state index is 0.791. The van der Waals surface area contributed by atoms with Crippen molar-refractivity contribution < 1.29 is 0 Å². The summed E-state index contributed by atoms with van der Waals surface area (Å²) in [4.78, 5) is 2.38.